The Morgan fingerprint density at radius 2 is 1.96 bits per heavy atom. The molecule has 0 saturated carbocycles. The minimum absolute atomic E-state index is 0.0245. The second kappa shape index (κ2) is 8.27. The summed E-state index contributed by atoms with van der Waals surface area (Å²) in [5.41, 5.74) is 0.443. The van der Waals surface area contributed by atoms with Crippen LogP contribution in [0.15, 0.2) is 24.3 Å². The Morgan fingerprint density at radius 1 is 1.19 bits per heavy atom. The normalized spacial score (nSPS) is 18.3. The van der Waals surface area contributed by atoms with Crippen LogP contribution in [0, 0.1) is 5.82 Å². The lowest BCUT2D eigenvalue weighted by atomic mass is 10.3. The van der Waals surface area contributed by atoms with E-state index in [1.54, 1.807) is 21.9 Å². The molecule has 2 saturated heterocycles. The van der Waals surface area contributed by atoms with Crippen LogP contribution in [0.5, 0.6) is 0 Å². The number of rotatable bonds is 5. The van der Waals surface area contributed by atoms with E-state index < -0.39 is 5.82 Å². The van der Waals surface area contributed by atoms with E-state index in [0.717, 1.165) is 11.3 Å². The largest absolute Gasteiger partial charge is 0.333 e. The Bertz CT molecular complexity index is 689. The molecule has 1 aromatic carbocycles. The lowest BCUT2D eigenvalue weighted by Crippen LogP contribution is -3.15. The SMILES string of the molecule is O=C(C[NH+]1CCN(C(=O)CN2CCCC2=O)CC1)Nc1cccc(F)c1. The standard InChI is InChI=1S/C18H23FN4O3/c19-14-3-1-4-15(11-14)20-16(24)12-21-7-9-22(10-8-21)18(26)13-23-6-2-5-17(23)25/h1,3-4,11H,2,5-10,12-13H2,(H,20,24)/p+1. The number of nitrogens with one attached hydrogen (secondary N) is 2. The molecule has 0 spiro atoms. The van der Waals surface area contributed by atoms with Crippen molar-refractivity contribution in [3.63, 3.8) is 0 Å². The van der Waals surface area contributed by atoms with Crippen LogP contribution >= 0.6 is 0 Å². The van der Waals surface area contributed by atoms with Crippen molar-refractivity contribution in [2.24, 2.45) is 0 Å². The fraction of sp³-hybridized carbons (Fsp3) is 0.500. The van der Waals surface area contributed by atoms with Gasteiger partial charge in [-0.2, -0.15) is 0 Å². The van der Waals surface area contributed by atoms with Crippen LogP contribution in [0.3, 0.4) is 0 Å². The van der Waals surface area contributed by atoms with Crippen LogP contribution in [-0.2, 0) is 14.4 Å². The number of hydrogen-bond acceptors (Lipinski definition) is 3. The lowest BCUT2D eigenvalue weighted by Gasteiger charge is -2.32. The van der Waals surface area contributed by atoms with Crippen LogP contribution in [0.25, 0.3) is 0 Å². The maximum atomic E-state index is 13.1. The van der Waals surface area contributed by atoms with Crippen molar-refractivity contribution in [3.8, 4) is 0 Å². The molecule has 3 amide bonds. The summed E-state index contributed by atoms with van der Waals surface area (Å²) in [6.45, 7) is 3.60. The first-order chi connectivity index (χ1) is 12.5. The van der Waals surface area contributed by atoms with Gasteiger partial charge in [-0.05, 0) is 24.6 Å². The van der Waals surface area contributed by atoms with Gasteiger partial charge in [0.15, 0.2) is 6.54 Å². The molecule has 1 aromatic rings. The van der Waals surface area contributed by atoms with Crippen LogP contribution in [0.2, 0.25) is 0 Å². The predicted molar refractivity (Wildman–Crippen MR) is 93.0 cm³/mol. The highest BCUT2D eigenvalue weighted by Crippen LogP contribution is 2.10. The Hall–Kier alpha value is -2.48. The molecule has 2 N–H and O–H groups in total. The number of benzene rings is 1. The van der Waals surface area contributed by atoms with E-state index in [-0.39, 0.29) is 30.8 Å². The third kappa shape index (κ3) is 4.78. The molecule has 2 aliphatic heterocycles. The lowest BCUT2D eigenvalue weighted by molar-refractivity contribution is -0.895. The molecule has 0 aromatic heterocycles. The Kier molecular flexibility index (Phi) is 5.82. The van der Waals surface area contributed by atoms with Crippen molar-refractivity contribution in [1.29, 1.82) is 0 Å². The summed E-state index contributed by atoms with van der Waals surface area (Å²) in [5.74, 6) is -0.535. The fourth-order valence-electron chi connectivity index (χ4n) is 3.38. The maximum absolute atomic E-state index is 13.1. The van der Waals surface area contributed by atoms with Gasteiger partial charge in [0.2, 0.25) is 11.8 Å². The van der Waals surface area contributed by atoms with Gasteiger partial charge < -0.3 is 20.0 Å². The first-order valence-corrected chi connectivity index (χ1v) is 8.96. The zero-order valence-corrected chi connectivity index (χ0v) is 14.7. The molecular formula is C18H24FN4O3+. The molecule has 2 fully saturated rings. The molecule has 2 aliphatic rings. The van der Waals surface area contributed by atoms with Gasteiger partial charge in [0.25, 0.3) is 5.91 Å². The Balaban J connectivity index is 1.41. The second-order valence-electron chi connectivity index (χ2n) is 6.78. The van der Waals surface area contributed by atoms with Crippen molar-refractivity contribution < 1.29 is 23.7 Å². The first kappa shape index (κ1) is 18.3. The van der Waals surface area contributed by atoms with Crippen LogP contribution < -0.4 is 10.2 Å². The summed E-state index contributed by atoms with van der Waals surface area (Å²) in [6.07, 6.45) is 1.36. The fourth-order valence-corrected chi connectivity index (χ4v) is 3.38. The molecule has 0 radical (unpaired) electrons. The summed E-state index contributed by atoms with van der Waals surface area (Å²) in [4.78, 5) is 40.5. The maximum Gasteiger partial charge on any atom is 0.279 e. The summed E-state index contributed by atoms with van der Waals surface area (Å²) in [5, 5.41) is 2.69. The van der Waals surface area contributed by atoms with Gasteiger partial charge >= 0.3 is 0 Å². The number of likely N-dealkylation sites (tertiary alicyclic amines) is 1. The van der Waals surface area contributed by atoms with Crippen LogP contribution in [-0.4, -0.2) is 73.3 Å². The van der Waals surface area contributed by atoms with E-state index in [4.69, 9.17) is 0 Å². The Morgan fingerprint density at radius 3 is 2.62 bits per heavy atom. The molecule has 3 rings (SSSR count). The van der Waals surface area contributed by atoms with Crippen molar-refractivity contribution in [2.45, 2.75) is 12.8 Å². The van der Waals surface area contributed by atoms with Crippen molar-refractivity contribution in [1.82, 2.24) is 9.80 Å². The second-order valence-corrected chi connectivity index (χ2v) is 6.78. The number of carbonyl (C=O) groups is 3. The number of nitrogens with zero attached hydrogens (tertiary/aromatic N) is 2. The van der Waals surface area contributed by atoms with Gasteiger partial charge in [0.1, 0.15) is 5.82 Å². The topological polar surface area (TPSA) is 74.2 Å². The monoisotopic (exact) mass is 363 g/mol. The summed E-state index contributed by atoms with van der Waals surface area (Å²) in [7, 11) is 0. The number of anilines is 1. The molecule has 0 atom stereocenters. The zero-order valence-electron chi connectivity index (χ0n) is 14.7. The molecule has 0 bridgehead atoms. The first-order valence-electron chi connectivity index (χ1n) is 8.96. The molecule has 26 heavy (non-hydrogen) atoms. The molecule has 8 heteroatoms. The van der Waals surface area contributed by atoms with Gasteiger partial charge in [-0.1, -0.05) is 6.07 Å². The van der Waals surface area contributed by atoms with Gasteiger partial charge in [-0.15, -0.1) is 0 Å². The van der Waals surface area contributed by atoms with Crippen LogP contribution in [0.1, 0.15) is 12.8 Å². The third-order valence-corrected chi connectivity index (χ3v) is 4.84. The van der Waals surface area contributed by atoms with Crippen molar-refractivity contribution >= 4 is 23.4 Å². The number of amides is 3. The summed E-state index contributed by atoms with van der Waals surface area (Å²) < 4.78 is 13.1. The van der Waals surface area contributed by atoms with E-state index in [9.17, 15) is 18.8 Å². The van der Waals surface area contributed by atoms with E-state index in [2.05, 4.69) is 5.32 Å². The summed E-state index contributed by atoms with van der Waals surface area (Å²) >= 11 is 0. The molecule has 7 nitrogen and oxygen atoms in total. The minimum atomic E-state index is -0.390. The highest BCUT2D eigenvalue weighted by molar-refractivity contribution is 5.91. The van der Waals surface area contributed by atoms with E-state index in [1.165, 1.54) is 12.1 Å². The number of carbonyl (C=O) groups excluding carboxylic acids is 3. The van der Waals surface area contributed by atoms with Crippen molar-refractivity contribution in [2.75, 3.05) is 51.1 Å². The quantitative estimate of drug-likeness (QED) is 0.713. The highest BCUT2D eigenvalue weighted by Gasteiger charge is 2.28. The number of piperazine rings is 1. The number of quaternary nitrogens is 1. The number of halogens is 1. The Labute approximate surface area is 151 Å². The molecule has 2 heterocycles. The third-order valence-electron chi connectivity index (χ3n) is 4.84. The average molecular weight is 363 g/mol. The molecule has 140 valence electrons. The molecule has 0 aliphatic carbocycles. The van der Waals surface area contributed by atoms with E-state index >= 15 is 0 Å². The van der Waals surface area contributed by atoms with Gasteiger partial charge in [0, 0.05) is 18.7 Å². The van der Waals surface area contributed by atoms with Crippen molar-refractivity contribution in [3.05, 3.63) is 30.1 Å². The highest BCUT2D eigenvalue weighted by atomic mass is 19.1. The average Bonchev–Trinajstić information content (AvgIpc) is 3.00. The predicted octanol–water partition coefficient (Wildman–Crippen LogP) is -0.886. The minimum Gasteiger partial charge on any atom is -0.333 e. The van der Waals surface area contributed by atoms with Gasteiger partial charge in [-0.3, -0.25) is 14.4 Å². The summed E-state index contributed by atoms with van der Waals surface area (Å²) in [6, 6.07) is 5.80. The van der Waals surface area contributed by atoms with Crippen LogP contribution in [0.4, 0.5) is 10.1 Å². The van der Waals surface area contributed by atoms with E-state index in [1.807, 2.05) is 0 Å². The zero-order chi connectivity index (χ0) is 18.5. The van der Waals surface area contributed by atoms with E-state index in [0.29, 0.717) is 44.8 Å². The smallest absolute Gasteiger partial charge is 0.279 e. The molecular weight excluding hydrogens is 339 g/mol. The molecule has 0 unspecified atom stereocenters. The number of hydrogen-bond donors (Lipinski definition) is 2. The van der Waals surface area contributed by atoms with Gasteiger partial charge in [-0.25, -0.2) is 4.39 Å². The van der Waals surface area contributed by atoms with Gasteiger partial charge in [0.05, 0.1) is 32.7 Å².